The van der Waals surface area contributed by atoms with Crippen LogP contribution in [-0.4, -0.2) is 16.7 Å². The van der Waals surface area contributed by atoms with E-state index < -0.39 is 0 Å². The lowest BCUT2D eigenvalue weighted by Gasteiger charge is -2.17. The molecule has 4 heteroatoms. The normalized spacial score (nSPS) is 12.8. The van der Waals surface area contributed by atoms with Crippen LogP contribution in [0.1, 0.15) is 47.7 Å². The van der Waals surface area contributed by atoms with Gasteiger partial charge in [0.25, 0.3) is 0 Å². The number of hydrogen-bond acceptors (Lipinski definition) is 4. The van der Waals surface area contributed by atoms with E-state index in [9.17, 15) is 5.11 Å². The summed E-state index contributed by atoms with van der Waals surface area (Å²) in [7, 11) is 0. The fraction of sp³-hybridized carbons (Fsp3) is 0.438. The second-order valence-corrected chi connectivity index (χ2v) is 6.32. The Labute approximate surface area is 124 Å². The molecule has 0 radical (unpaired) electrons. The van der Waals surface area contributed by atoms with Crippen LogP contribution in [0.4, 0.5) is 0 Å². The van der Waals surface area contributed by atoms with Gasteiger partial charge in [-0.25, -0.2) is 4.98 Å². The number of aliphatic hydroxyl groups excluding tert-OH is 1. The largest absolute Gasteiger partial charge is 0.396 e. The zero-order valence-corrected chi connectivity index (χ0v) is 12.9. The van der Waals surface area contributed by atoms with Crippen molar-refractivity contribution in [2.24, 2.45) is 0 Å². The highest BCUT2D eigenvalue weighted by atomic mass is 32.1. The number of aromatic nitrogens is 1. The topological polar surface area (TPSA) is 45.2 Å². The maximum Gasteiger partial charge on any atom is 0.0953 e. The van der Waals surface area contributed by atoms with E-state index in [1.54, 1.807) is 11.3 Å². The first-order valence-corrected chi connectivity index (χ1v) is 7.86. The molecular formula is C16H22N2OS. The molecular weight excluding hydrogens is 268 g/mol. The number of benzene rings is 1. The molecule has 3 nitrogen and oxygen atoms in total. The third-order valence-corrected chi connectivity index (χ3v) is 4.51. The van der Waals surface area contributed by atoms with Gasteiger partial charge < -0.3 is 10.4 Å². The maximum atomic E-state index is 9.22. The summed E-state index contributed by atoms with van der Waals surface area (Å²) in [6, 6.07) is 10.5. The van der Waals surface area contributed by atoms with Gasteiger partial charge in [-0.15, -0.1) is 11.3 Å². The number of aliphatic hydroxyl groups is 1. The minimum absolute atomic E-state index is 0.186. The summed E-state index contributed by atoms with van der Waals surface area (Å²) in [5.74, 6) is 0.483. The van der Waals surface area contributed by atoms with Gasteiger partial charge in [0, 0.05) is 36.2 Å². The van der Waals surface area contributed by atoms with Crippen LogP contribution in [0.25, 0.3) is 0 Å². The first-order valence-electron chi connectivity index (χ1n) is 7.04. The Hall–Kier alpha value is -1.23. The van der Waals surface area contributed by atoms with Crippen molar-refractivity contribution in [3.8, 4) is 0 Å². The van der Waals surface area contributed by atoms with Crippen LogP contribution in [0, 0.1) is 0 Å². The Balaban J connectivity index is 1.98. The van der Waals surface area contributed by atoms with Gasteiger partial charge in [-0.2, -0.15) is 0 Å². The number of thiazole rings is 1. The number of rotatable bonds is 7. The molecule has 0 aliphatic rings. The second kappa shape index (κ2) is 7.53. The van der Waals surface area contributed by atoms with Gasteiger partial charge in [0.05, 0.1) is 5.01 Å². The van der Waals surface area contributed by atoms with Gasteiger partial charge in [-0.3, -0.25) is 0 Å². The molecule has 1 aromatic heterocycles. The molecule has 2 rings (SSSR count). The van der Waals surface area contributed by atoms with Crippen molar-refractivity contribution >= 4 is 11.3 Å². The van der Waals surface area contributed by atoms with Crippen molar-refractivity contribution < 1.29 is 5.11 Å². The summed E-state index contributed by atoms with van der Waals surface area (Å²) in [6.45, 7) is 5.31. The second-order valence-electron chi connectivity index (χ2n) is 5.18. The Morgan fingerprint density at radius 3 is 2.60 bits per heavy atom. The summed E-state index contributed by atoms with van der Waals surface area (Å²) in [6.07, 6.45) is 2.67. The van der Waals surface area contributed by atoms with Crippen LogP contribution in [0.2, 0.25) is 0 Å². The highest BCUT2D eigenvalue weighted by Gasteiger charge is 2.11. The van der Waals surface area contributed by atoms with Crippen molar-refractivity contribution in [1.82, 2.24) is 10.3 Å². The van der Waals surface area contributed by atoms with Gasteiger partial charge in [0.2, 0.25) is 0 Å². The minimum atomic E-state index is 0.186. The molecule has 1 heterocycles. The standard InChI is InChI=1S/C16H22N2OS/c1-12(2)16-18-11-14(20-16)10-17-15(8-9-19)13-6-4-3-5-7-13/h3-7,11-12,15,17,19H,8-10H2,1-2H3/t15-/m1/s1. The average Bonchev–Trinajstić information content (AvgIpc) is 2.93. The van der Waals surface area contributed by atoms with Crippen molar-refractivity contribution in [2.45, 2.75) is 38.8 Å². The molecule has 0 saturated heterocycles. The first kappa shape index (κ1) is 15.2. The zero-order valence-electron chi connectivity index (χ0n) is 12.0. The summed E-state index contributed by atoms with van der Waals surface area (Å²) < 4.78 is 0. The lowest BCUT2D eigenvalue weighted by atomic mass is 10.0. The molecule has 1 atom stereocenters. The van der Waals surface area contributed by atoms with E-state index >= 15 is 0 Å². The van der Waals surface area contributed by atoms with E-state index in [1.807, 2.05) is 24.4 Å². The van der Waals surface area contributed by atoms with Gasteiger partial charge in [-0.1, -0.05) is 44.2 Å². The molecule has 0 fully saturated rings. The van der Waals surface area contributed by atoms with E-state index in [2.05, 4.69) is 36.3 Å². The number of nitrogens with one attached hydrogen (secondary N) is 1. The Morgan fingerprint density at radius 2 is 2.00 bits per heavy atom. The van der Waals surface area contributed by atoms with E-state index in [4.69, 9.17) is 0 Å². The third-order valence-electron chi connectivity index (χ3n) is 3.21. The monoisotopic (exact) mass is 290 g/mol. The molecule has 20 heavy (non-hydrogen) atoms. The molecule has 0 spiro atoms. The Kier molecular flexibility index (Phi) is 5.71. The summed E-state index contributed by atoms with van der Waals surface area (Å²) in [4.78, 5) is 5.68. The fourth-order valence-electron chi connectivity index (χ4n) is 2.10. The van der Waals surface area contributed by atoms with E-state index in [1.165, 1.54) is 15.4 Å². The summed E-state index contributed by atoms with van der Waals surface area (Å²) in [5, 5.41) is 13.9. The Bertz CT molecular complexity index is 510. The molecule has 108 valence electrons. The molecule has 0 aliphatic carbocycles. The van der Waals surface area contributed by atoms with E-state index in [-0.39, 0.29) is 12.6 Å². The van der Waals surface area contributed by atoms with Gasteiger partial charge in [-0.05, 0) is 12.0 Å². The average molecular weight is 290 g/mol. The highest BCUT2D eigenvalue weighted by molar-refractivity contribution is 7.11. The molecule has 0 aliphatic heterocycles. The molecule has 0 bridgehead atoms. The number of hydrogen-bond donors (Lipinski definition) is 2. The van der Waals surface area contributed by atoms with Gasteiger partial charge in [0.15, 0.2) is 0 Å². The third kappa shape index (κ3) is 4.13. The van der Waals surface area contributed by atoms with Gasteiger partial charge >= 0.3 is 0 Å². The van der Waals surface area contributed by atoms with Gasteiger partial charge in [0.1, 0.15) is 0 Å². The van der Waals surface area contributed by atoms with Crippen LogP contribution in [0.3, 0.4) is 0 Å². The molecule has 1 aromatic carbocycles. The Morgan fingerprint density at radius 1 is 1.25 bits per heavy atom. The van der Waals surface area contributed by atoms with Crippen molar-refractivity contribution in [2.75, 3.05) is 6.61 Å². The van der Waals surface area contributed by atoms with E-state index in [0.717, 1.165) is 13.0 Å². The molecule has 2 N–H and O–H groups in total. The van der Waals surface area contributed by atoms with Crippen molar-refractivity contribution in [1.29, 1.82) is 0 Å². The predicted molar refractivity (Wildman–Crippen MR) is 83.9 cm³/mol. The number of nitrogens with zero attached hydrogens (tertiary/aromatic N) is 1. The van der Waals surface area contributed by atoms with Crippen LogP contribution < -0.4 is 5.32 Å². The van der Waals surface area contributed by atoms with Crippen LogP contribution >= 0.6 is 11.3 Å². The smallest absolute Gasteiger partial charge is 0.0953 e. The SMILES string of the molecule is CC(C)c1ncc(CN[C@H](CCO)c2ccccc2)s1. The summed E-state index contributed by atoms with van der Waals surface area (Å²) in [5.41, 5.74) is 1.22. The van der Waals surface area contributed by atoms with Crippen LogP contribution in [0.5, 0.6) is 0 Å². The van der Waals surface area contributed by atoms with Crippen molar-refractivity contribution in [3.63, 3.8) is 0 Å². The lowest BCUT2D eigenvalue weighted by molar-refractivity contribution is 0.265. The lowest BCUT2D eigenvalue weighted by Crippen LogP contribution is -2.21. The first-order chi connectivity index (χ1) is 9.70. The van der Waals surface area contributed by atoms with Crippen LogP contribution in [-0.2, 0) is 6.54 Å². The quantitative estimate of drug-likeness (QED) is 0.820. The predicted octanol–water partition coefficient (Wildman–Crippen LogP) is 3.48. The maximum absolute atomic E-state index is 9.22. The molecule has 0 unspecified atom stereocenters. The minimum Gasteiger partial charge on any atom is -0.396 e. The fourth-order valence-corrected chi connectivity index (χ4v) is 2.97. The van der Waals surface area contributed by atoms with Crippen molar-refractivity contribution in [3.05, 3.63) is 52.0 Å². The molecule has 0 saturated carbocycles. The van der Waals surface area contributed by atoms with Crippen LogP contribution in [0.15, 0.2) is 36.5 Å². The zero-order chi connectivity index (χ0) is 14.4. The molecule has 0 amide bonds. The van der Waals surface area contributed by atoms with E-state index in [0.29, 0.717) is 5.92 Å². The highest BCUT2D eigenvalue weighted by Crippen LogP contribution is 2.22. The molecule has 2 aromatic rings. The summed E-state index contributed by atoms with van der Waals surface area (Å²) >= 11 is 1.76.